The number of hydrogen-bond donors (Lipinski definition) is 2. The molecule has 1 atom stereocenters. The van der Waals surface area contributed by atoms with Crippen LogP contribution < -0.4 is 5.32 Å². The summed E-state index contributed by atoms with van der Waals surface area (Å²) < 4.78 is 1.94. The Balaban J connectivity index is 2.35. The number of hydrogen-bond acceptors (Lipinski definition) is 4. The Morgan fingerprint density at radius 3 is 2.71 bits per heavy atom. The van der Waals surface area contributed by atoms with Crippen LogP contribution in [0.15, 0.2) is 0 Å². The molecule has 1 rings (SSSR count). The Morgan fingerprint density at radius 2 is 2.21 bits per heavy atom. The van der Waals surface area contributed by atoms with Crippen LogP contribution in [0.1, 0.15) is 25.0 Å². The van der Waals surface area contributed by atoms with Crippen LogP contribution >= 0.6 is 0 Å². The lowest BCUT2D eigenvalue weighted by Crippen LogP contribution is -2.26. The summed E-state index contributed by atoms with van der Waals surface area (Å²) in [5.41, 5.74) is 0. The molecule has 0 aliphatic rings. The van der Waals surface area contributed by atoms with Crippen LogP contribution in [-0.4, -0.2) is 32.5 Å². The molecule has 0 aromatic carbocycles. The number of aliphatic hydroxyl groups excluding tert-OH is 1. The lowest BCUT2D eigenvalue weighted by Gasteiger charge is -2.08. The van der Waals surface area contributed by atoms with E-state index < -0.39 is 0 Å². The molecule has 80 valence electrons. The van der Waals surface area contributed by atoms with Gasteiger partial charge in [-0.05, 0) is 13.3 Å². The number of rotatable bonds is 5. The monoisotopic (exact) mass is 198 g/mol. The number of nitrogens with zero attached hydrogens (tertiary/aromatic N) is 3. The predicted octanol–water partition coefficient (Wildman–Crippen LogP) is -0.0160. The number of nitrogens with one attached hydrogen (secondary N) is 1. The van der Waals surface area contributed by atoms with Crippen molar-refractivity contribution in [3.8, 4) is 0 Å². The van der Waals surface area contributed by atoms with E-state index in [1.807, 2.05) is 25.5 Å². The van der Waals surface area contributed by atoms with Gasteiger partial charge in [0.05, 0.1) is 12.6 Å². The summed E-state index contributed by atoms with van der Waals surface area (Å²) in [4.78, 5) is 0. The summed E-state index contributed by atoms with van der Waals surface area (Å²) in [5.74, 6) is 1.80. The topological polar surface area (TPSA) is 63.0 Å². The van der Waals surface area contributed by atoms with E-state index in [0.717, 1.165) is 18.1 Å². The first-order valence-corrected chi connectivity index (χ1v) is 4.88. The summed E-state index contributed by atoms with van der Waals surface area (Å²) in [6, 6.07) is 0. The number of aryl methyl sites for hydroxylation is 1. The van der Waals surface area contributed by atoms with E-state index in [4.69, 9.17) is 0 Å². The van der Waals surface area contributed by atoms with Crippen molar-refractivity contribution >= 4 is 0 Å². The van der Waals surface area contributed by atoms with Crippen LogP contribution in [0.5, 0.6) is 0 Å². The third-order valence-corrected chi connectivity index (χ3v) is 2.32. The summed E-state index contributed by atoms with van der Waals surface area (Å²) in [6.07, 6.45) is 0.495. The molecular formula is C9H18N4O. The molecule has 0 saturated carbocycles. The minimum absolute atomic E-state index is 0.274. The van der Waals surface area contributed by atoms with Crippen LogP contribution in [-0.2, 0) is 13.6 Å². The molecule has 0 amide bonds. The Labute approximate surface area is 84.2 Å². The fourth-order valence-corrected chi connectivity index (χ4v) is 1.10. The maximum Gasteiger partial charge on any atom is 0.146 e. The average molecular weight is 198 g/mol. The summed E-state index contributed by atoms with van der Waals surface area (Å²) >= 11 is 0. The average Bonchev–Trinajstić information content (AvgIpc) is 2.49. The fraction of sp³-hybridized carbons (Fsp3) is 0.778. The molecule has 5 heteroatoms. The van der Waals surface area contributed by atoms with Crippen LogP contribution in [0.3, 0.4) is 0 Å². The molecule has 5 nitrogen and oxygen atoms in total. The lowest BCUT2D eigenvalue weighted by molar-refractivity contribution is 0.166. The van der Waals surface area contributed by atoms with E-state index in [1.54, 1.807) is 0 Å². The summed E-state index contributed by atoms with van der Waals surface area (Å²) in [6.45, 7) is 5.12. The SMILES string of the molecule is CCC(O)CNCc1nnc(C)n1C. The highest BCUT2D eigenvalue weighted by atomic mass is 16.3. The zero-order chi connectivity index (χ0) is 10.6. The quantitative estimate of drug-likeness (QED) is 0.698. The molecule has 14 heavy (non-hydrogen) atoms. The van der Waals surface area contributed by atoms with E-state index in [0.29, 0.717) is 13.1 Å². The molecule has 0 aliphatic carbocycles. The second-order valence-corrected chi connectivity index (χ2v) is 3.42. The lowest BCUT2D eigenvalue weighted by atomic mass is 10.3. The third-order valence-electron chi connectivity index (χ3n) is 2.32. The van der Waals surface area contributed by atoms with Gasteiger partial charge in [0.25, 0.3) is 0 Å². The minimum atomic E-state index is -0.274. The summed E-state index contributed by atoms with van der Waals surface area (Å²) in [5, 5.41) is 20.4. The number of aromatic nitrogens is 3. The van der Waals surface area contributed by atoms with Crippen LogP contribution in [0.25, 0.3) is 0 Å². The highest BCUT2D eigenvalue weighted by molar-refractivity contribution is 4.91. The molecular weight excluding hydrogens is 180 g/mol. The molecule has 1 heterocycles. The number of aliphatic hydroxyl groups is 1. The Hall–Kier alpha value is -0.940. The van der Waals surface area contributed by atoms with Gasteiger partial charge in [0, 0.05) is 13.6 Å². The first-order chi connectivity index (χ1) is 6.65. The van der Waals surface area contributed by atoms with Gasteiger partial charge in [0.1, 0.15) is 11.6 Å². The van der Waals surface area contributed by atoms with Crippen LogP contribution in [0.2, 0.25) is 0 Å². The van der Waals surface area contributed by atoms with Crippen molar-refractivity contribution < 1.29 is 5.11 Å². The van der Waals surface area contributed by atoms with Crippen molar-refractivity contribution in [3.63, 3.8) is 0 Å². The van der Waals surface area contributed by atoms with E-state index in [9.17, 15) is 5.11 Å². The molecule has 0 aliphatic heterocycles. The molecule has 0 saturated heterocycles. The molecule has 1 unspecified atom stereocenters. The van der Waals surface area contributed by atoms with Crippen molar-refractivity contribution in [3.05, 3.63) is 11.6 Å². The largest absolute Gasteiger partial charge is 0.392 e. The van der Waals surface area contributed by atoms with Crippen LogP contribution in [0, 0.1) is 6.92 Å². The molecule has 0 fully saturated rings. The van der Waals surface area contributed by atoms with Gasteiger partial charge in [0.15, 0.2) is 0 Å². The first kappa shape index (κ1) is 11.1. The zero-order valence-corrected chi connectivity index (χ0v) is 8.99. The Kier molecular flexibility index (Phi) is 4.03. The van der Waals surface area contributed by atoms with Gasteiger partial charge >= 0.3 is 0 Å². The third kappa shape index (κ3) is 2.78. The Morgan fingerprint density at radius 1 is 1.50 bits per heavy atom. The molecule has 0 radical (unpaired) electrons. The zero-order valence-electron chi connectivity index (χ0n) is 8.99. The van der Waals surface area contributed by atoms with E-state index in [1.165, 1.54) is 0 Å². The highest BCUT2D eigenvalue weighted by Crippen LogP contribution is 1.96. The molecule has 1 aromatic heterocycles. The second kappa shape index (κ2) is 5.07. The standard InChI is InChI=1S/C9H18N4O/c1-4-8(14)5-10-6-9-12-11-7(2)13(9)3/h8,10,14H,4-6H2,1-3H3. The highest BCUT2D eigenvalue weighted by Gasteiger charge is 2.05. The van der Waals surface area contributed by atoms with Gasteiger partial charge in [-0.3, -0.25) is 0 Å². The van der Waals surface area contributed by atoms with E-state index in [2.05, 4.69) is 15.5 Å². The first-order valence-electron chi connectivity index (χ1n) is 4.88. The predicted molar refractivity (Wildman–Crippen MR) is 53.7 cm³/mol. The van der Waals surface area contributed by atoms with E-state index >= 15 is 0 Å². The molecule has 0 bridgehead atoms. The van der Waals surface area contributed by atoms with Gasteiger partial charge in [0.2, 0.25) is 0 Å². The van der Waals surface area contributed by atoms with Crippen molar-refractivity contribution in [2.75, 3.05) is 6.54 Å². The smallest absolute Gasteiger partial charge is 0.146 e. The maximum atomic E-state index is 9.31. The molecule has 0 spiro atoms. The van der Waals surface area contributed by atoms with Gasteiger partial charge < -0.3 is 15.0 Å². The fourth-order valence-electron chi connectivity index (χ4n) is 1.10. The second-order valence-electron chi connectivity index (χ2n) is 3.42. The molecule has 2 N–H and O–H groups in total. The minimum Gasteiger partial charge on any atom is -0.392 e. The maximum absolute atomic E-state index is 9.31. The van der Waals surface area contributed by atoms with Gasteiger partial charge in [-0.25, -0.2) is 0 Å². The normalized spacial score (nSPS) is 13.1. The van der Waals surface area contributed by atoms with Gasteiger partial charge in [-0.2, -0.15) is 0 Å². The van der Waals surface area contributed by atoms with Crippen LogP contribution in [0.4, 0.5) is 0 Å². The van der Waals surface area contributed by atoms with Crippen molar-refractivity contribution in [2.24, 2.45) is 7.05 Å². The Bertz CT molecular complexity index is 284. The van der Waals surface area contributed by atoms with Gasteiger partial charge in [-0.1, -0.05) is 6.92 Å². The van der Waals surface area contributed by atoms with Crippen molar-refractivity contribution in [1.82, 2.24) is 20.1 Å². The van der Waals surface area contributed by atoms with Crippen molar-refractivity contribution in [1.29, 1.82) is 0 Å². The van der Waals surface area contributed by atoms with Crippen molar-refractivity contribution in [2.45, 2.75) is 32.9 Å². The van der Waals surface area contributed by atoms with E-state index in [-0.39, 0.29) is 6.10 Å². The van der Waals surface area contributed by atoms with Gasteiger partial charge in [-0.15, -0.1) is 10.2 Å². The summed E-state index contributed by atoms with van der Waals surface area (Å²) in [7, 11) is 1.93. The molecule has 1 aromatic rings.